The molecule has 3 N–H and O–H groups in total. The van der Waals surface area contributed by atoms with E-state index in [0.717, 1.165) is 24.5 Å². The quantitative estimate of drug-likeness (QED) is 0.871. The Labute approximate surface area is 123 Å². The molecule has 118 valence electrons. The van der Waals surface area contributed by atoms with E-state index >= 15 is 0 Å². The van der Waals surface area contributed by atoms with Crippen molar-refractivity contribution in [3.05, 3.63) is 17.7 Å². The van der Waals surface area contributed by atoms with Gasteiger partial charge in [-0.05, 0) is 36.8 Å². The molecule has 2 unspecified atom stereocenters. The average Bonchev–Trinajstić information content (AvgIpc) is 2.37. The maximum atomic E-state index is 12.7. The fourth-order valence-electron chi connectivity index (χ4n) is 3.03. The smallest absolute Gasteiger partial charge is 0.384 e. The summed E-state index contributed by atoms with van der Waals surface area (Å²) in [4.78, 5) is 3.91. The minimum absolute atomic E-state index is 0.112. The van der Waals surface area contributed by atoms with Crippen molar-refractivity contribution in [3.8, 4) is 0 Å². The van der Waals surface area contributed by atoms with Crippen LogP contribution >= 0.6 is 0 Å². The maximum absolute atomic E-state index is 12.7. The average molecular weight is 301 g/mol. The van der Waals surface area contributed by atoms with Crippen LogP contribution in [0.2, 0.25) is 0 Å². The van der Waals surface area contributed by atoms with Gasteiger partial charge in [0.1, 0.15) is 11.6 Å². The number of rotatable bonds is 4. The molecule has 1 aromatic rings. The van der Waals surface area contributed by atoms with E-state index < -0.39 is 11.7 Å². The van der Waals surface area contributed by atoms with Gasteiger partial charge in [0.05, 0.1) is 5.56 Å². The molecule has 0 radical (unpaired) electrons. The molecule has 0 spiro atoms. The van der Waals surface area contributed by atoms with Crippen LogP contribution in [0.25, 0.3) is 0 Å². The topological polar surface area (TPSA) is 50.9 Å². The zero-order valence-electron chi connectivity index (χ0n) is 12.2. The summed E-state index contributed by atoms with van der Waals surface area (Å²) in [6.45, 7) is 2.89. The van der Waals surface area contributed by atoms with E-state index in [-0.39, 0.29) is 11.6 Å². The van der Waals surface area contributed by atoms with Gasteiger partial charge in [0, 0.05) is 6.54 Å². The first kappa shape index (κ1) is 15.9. The Bertz CT molecular complexity index is 474. The Kier molecular flexibility index (Phi) is 4.96. The number of nitrogens with two attached hydrogens (primary N) is 1. The van der Waals surface area contributed by atoms with Gasteiger partial charge < -0.3 is 11.1 Å². The first-order valence-electron chi connectivity index (χ1n) is 7.43. The zero-order valence-corrected chi connectivity index (χ0v) is 12.2. The number of nitrogen functional groups attached to an aromatic ring is 1. The van der Waals surface area contributed by atoms with Gasteiger partial charge in [-0.25, -0.2) is 4.98 Å². The normalized spacial score (nSPS) is 23.0. The van der Waals surface area contributed by atoms with E-state index in [1.165, 1.54) is 25.7 Å². The summed E-state index contributed by atoms with van der Waals surface area (Å²) in [6.07, 6.45) is 1.52. The van der Waals surface area contributed by atoms with Crippen LogP contribution in [0.1, 0.15) is 44.6 Å². The Morgan fingerprint density at radius 2 is 2.10 bits per heavy atom. The van der Waals surface area contributed by atoms with Crippen molar-refractivity contribution >= 4 is 11.6 Å². The van der Waals surface area contributed by atoms with E-state index in [4.69, 9.17) is 5.73 Å². The fraction of sp³-hybridized carbons (Fsp3) is 0.667. The molecule has 1 fully saturated rings. The molecule has 2 rings (SSSR count). The first-order chi connectivity index (χ1) is 9.84. The molecule has 1 saturated carbocycles. The molecular formula is C15H22F3N3. The summed E-state index contributed by atoms with van der Waals surface area (Å²) < 4.78 is 38.1. The number of nitrogens with one attached hydrogen (secondary N) is 1. The Hall–Kier alpha value is -1.46. The molecule has 0 saturated heterocycles. The van der Waals surface area contributed by atoms with Gasteiger partial charge in [0.2, 0.25) is 0 Å². The van der Waals surface area contributed by atoms with Crippen molar-refractivity contribution in [2.45, 2.75) is 45.2 Å². The number of nitrogens with zero attached hydrogens (tertiary/aromatic N) is 1. The van der Waals surface area contributed by atoms with Gasteiger partial charge in [-0.15, -0.1) is 0 Å². The molecule has 3 nitrogen and oxygen atoms in total. The Morgan fingerprint density at radius 3 is 2.76 bits per heavy atom. The summed E-state index contributed by atoms with van der Waals surface area (Å²) in [5.74, 6) is 1.50. The van der Waals surface area contributed by atoms with Crippen LogP contribution in [0.4, 0.5) is 24.8 Å². The van der Waals surface area contributed by atoms with Crippen molar-refractivity contribution in [1.29, 1.82) is 0 Å². The first-order valence-corrected chi connectivity index (χ1v) is 7.43. The highest BCUT2D eigenvalue weighted by atomic mass is 19.4. The lowest BCUT2D eigenvalue weighted by molar-refractivity contribution is -0.137. The van der Waals surface area contributed by atoms with E-state index in [1.807, 2.05) is 0 Å². The van der Waals surface area contributed by atoms with Crippen molar-refractivity contribution < 1.29 is 13.2 Å². The fourth-order valence-corrected chi connectivity index (χ4v) is 3.03. The van der Waals surface area contributed by atoms with Gasteiger partial charge in [0.25, 0.3) is 0 Å². The summed E-state index contributed by atoms with van der Waals surface area (Å²) in [5, 5.41) is 2.97. The van der Waals surface area contributed by atoms with Crippen molar-refractivity contribution in [2.75, 3.05) is 17.6 Å². The van der Waals surface area contributed by atoms with Gasteiger partial charge in [-0.3, -0.25) is 0 Å². The molecule has 1 aromatic heterocycles. The van der Waals surface area contributed by atoms with Gasteiger partial charge in [0.15, 0.2) is 0 Å². The van der Waals surface area contributed by atoms with Crippen molar-refractivity contribution in [1.82, 2.24) is 4.98 Å². The van der Waals surface area contributed by atoms with Crippen LogP contribution in [0.5, 0.6) is 0 Å². The highest BCUT2D eigenvalue weighted by Gasteiger charge is 2.31. The third kappa shape index (κ3) is 4.79. The predicted octanol–water partition coefficient (Wildman–Crippen LogP) is 4.31. The molecule has 2 atom stereocenters. The van der Waals surface area contributed by atoms with Crippen LogP contribution < -0.4 is 11.1 Å². The Balaban J connectivity index is 1.89. The van der Waals surface area contributed by atoms with Crippen molar-refractivity contribution in [2.24, 2.45) is 11.8 Å². The minimum atomic E-state index is -4.40. The van der Waals surface area contributed by atoms with Crippen LogP contribution in [0, 0.1) is 11.8 Å². The largest absolute Gasteiger partial charge is 0.416 e. The van der Waals surface area contributed by atoms with E-state index in [2.05, 4.69) is 17.2 Å². The highest BCUT2D eigenvalue weighted by molar-refractivity contribution is 5.47. The SMILES string of the molecule is CC1CCCC(CCNc2cc(C(F)(F)F)cc(N)n2)C1. The second-order valence-electron chi connectivity index (χ2n) is 6.02. The van der Waals surface area contributed by atoms with Gasteiger partial charge in [-0.2, -0.15) is 13.2 Å². The third-order valence-electron chi connectivity index (χ3n) is 4.08. The zero-order chi connectivity index (χ0) is 15.5. The lowest BCUT2D eigenvalue weighted by atomic mass is 9.81. The van der Waals surface area contributed by atoms with E-state index in [9.17, 15) is 13.2 Å². The molecular weight excluding hydrogens is 279 g/mol. The van der Waals surface area contributed by atoms with E-state index in [0.29, 0.717) is 12.5 Å². The third-order valence-corrected chi connectivity index (χ3v) is 4.08. The standard InChI is InChI=1S/C15H22F3N3/c1-10-3-2-4-11(7-10)5-6-20-14-9-12(15(16,17)18)8-13(19)21-14/h8-11H,2-7H2,1H3,(H3,19,20,21). The van der Waals surface area contributed by atoms with Gasteiger partial charge in [-0.1, -0.05) is 26.2 Å². The Morgan fingerprint density at radius 1 is 1.33 bits per heavy atom. The molecule has 1 aliphatic carbocycles. The molecule has 0 bridgehead atoms. The van der Waals surface area contributed by atoms with Crippen molar-refractivity contribution in [3.63, 3.8) is 0 Å². The number of halogens is 3. The number of anilines is 2. The lowest BCUT2D eigenvalue weighted by Gasteiger charge is -2.26. The van der Waals surface area contributed by atoms with Crippen LogP contribution in [0.3, 0.4) is 0 Å². The number of hydrogen-bond donors (Lipinski definition) is 2. The number of pyridine rings is 1. The molecule has 21 heavy (non-hydrogen) atoms. The summed E-state index contributed by atoms with van der Waals surface area (Å²) in [6, 6.07) is 1.87. The molecule has 1 aliphatic rings. The summed E-state index contributed by atoms with van der Waals surface area (Å²) in [5.41, 5.74) is 4.68. The van der Waals surface area contributed by atoms with E-state index in [1.54, 1.807) is 0 Å². The van der Waals surface area contributed by atoms with Crippen LogP contribution in [0.15, 0.2) is 12.1 Å². The number of aromatic nitrogens is 1. The molecule has 0 aromatic carbocycles. The second kappa shape index (κ2) is 6.54. The highest BCUT2D eigenvalue weighted by Crippen LogP contribution is 2.32. The van der Waals surface area contributed by atoms with Gasteiger partial charge >= 0.3 is 6.18 Å². The second-order valence-corrected chi connectivity index (χ2v) is 6.02. The molecule has 1 heterocycles. The summed E-state index contributed by atoms with van der Waals surface area (Å²) in [7, 11) is 0. The van der Waals surface area contributed by atoms with Crippen LogP contribution in [-0.2, 0) is 6.18 Å². The lowest BCUT2D eigenvalue weighted by Crippen LogP contribution is -2.17. The minimum Gasteiger partial charge on any atom is -0.384 e. The predicted molar refractivity (Wildman–Crippen MR) is 77.9 cm³/mol. The molecule has 0 amide bonds. The molecule has 0 aliphatic heterocycles. The monoisotopic (exact) mass is 301 g/mol. The maximum Gasteiger partial charge on any atom is 0.416 e. The summed E-state index contributed by atoms with van der Waals surface area (Å²) >= 11 is 0. The molecule has 6 heteroatoms. The number of hydrogen-bond acceptors (Lipinski definition) is 3. The van der Waals surface area contributed by atoms with Crippen LogP contribution in [-0.4, -0.2) is 11.5 Å². The number of alkyl halides is 3.